The van der Waals surface area contributed by atoms with Crippen molar-refractivity contribution < 1.29 is 4.74 Å². The Balaban J connectivity index is 2.07. The van der Waals surface area contributed by atoms with Crippen molar-refractivity contribution in [3.8, 4) is 5.75 Å². The van der Waals surface area contributed by atoms with E-state index < -0.39 is 0 Å². The molecule has 0 bridgehead atoms. The maximum Gasteiger partial charge on any atom is 0.132 e. The molecule has 0 amide bonds. The number of ether oxygens (including phenoxy) is 1. The number of halogens is 1. The van der Waals surface area contributed by atoms with Crippen molar-refractivity contribution in [2.75, 3.05) is 0 Å². The molecular weight excluding hydrogens is 212 g/mol. The summed E-state index contributed by atoms with van der Waals surface area (Å²) in [5.74, 6) is 1.47. The molecule has 1 aliphatic carbocycles. The number of nitrogens with zero attached hydrogens (tertiary/aromatic N) is 1. The third kappa shape index (κ3) is 2.81. The molecule has 0 aliphatic heterocycles. The van der Waals surface area contributed by atoms with Crippen LogP contribution in [-0.2, 0) is 0 Å². The first kappa shape index (κ1) is 10.2. The average molecular weight is 223 g/mol. The van der Waals surface area contributed by atoms with Crippen LogP contribution in [-0.4, -0.2) is 11.0 Å². The summed E-state index contributed by atoms with van der Waals surface area (Å²) in [7, 11) is 0. The van der Waals surface area contributed by atoms with Gasteiger partial charge in [-0.15, -0.1) is 0 Å². The standard InChI is InChI=1S/C11H11ClN2O/c12-11-7-10(5-6-14-11)15-9-3-1-8(13)2-4-9/h1,3-8H,2,13H2. The van der Waals surface area contributed by atoms with Crippen molar-refractivity contribution in [1.82, 2.24) is 4.98 Å². The van der Waals surface area contributed by atoms with E-state index in [1.165, 1.54) is 0 Å². The smallest absolute Gasteiger partial charge is 0.132 e. The van der Waals surface area contributed by atoms with Crippen molar-refractivity contribution in [3.63, 3.8) is 0 Å². The summed E-state index contributed by atoms with van der Waals surface area (Å²) in [5, 5.41) is 0.421. The number of pyridine rings is 1. The minimum atomic E-state index is 0.0957. The lowest BCUT2D eigenvalue weighted by Gasteiger charge is -2.12. The highest BCUT2D eigenvalue weighted by Crippen LogP contribution is 2.19. The van der Waals surface area contributed by atoms with Crippen molar-refractivity contribution in [2.45, 2.75) is 12.5 Å². The number of aromatic nitrogens is 1. The fraction of sp³-hybridized carbons (Fsp3) is 0.182. The van der Waals surface area contributed by atoms with E-state index in [0.29, 0.717) is 10.9 Å². The van der Waals surface area contributed by atoms with Gasteiger partial charge in [0.15, 0.2) is 0 Å². The van der Waals surface area contributed by atoms with Gasteiger partial charge in [0.25, 0.3) is 0 Å². The van der Waals surface area contributed by atoms with Gasteiger partial charge in [-0.3, -0.25) is 0 Å². The lowest BCUT2D eigenvalue weighted by atomic mass is 10.1. The maximum atomic E-state index is 5.74. The second kappa shape index (κ2) is 4.47. The highest BCUT2D eigenvalue weighted by molar-refractivity contribution is 6.29. The van der Waals surface area contributed by atoms with E-state index in [0.717, 1.165) is 12.2 Å². The molecule has 1 aromatic rings. The first-order chi connectivity index (χ1) is 7.24. The molecule has 78 valence electrons. The molecule has 1 heterocycles. The zero-order valence-electron chi connectivity index (χ0n) is 8.06. The van der Waals surface area contributed by atoms with Gasteiger partial charge in [0.2, 0.25) is 0 Å². The molecule has 2 rings (SSSR count). The van der Waals surface area contributed by atoms with E-state index in [-0.39, 0.29) is 6.04 Å². The van der Waals surface area contributed by atoms with Gasteiger partial charge in [0.05, 0.1) is 0 Å². The van der Waals surface area contributed by atoms with Gasteiger partial charge in [-0.1, -0.05) is 17.7 Å². The molecule has 1 unspecified atom stereocenters. The van der Waals surface area contributed by atoms with Crippen LogP contribution < -0.4 is 10.5 Å². The van der Waals surface area contributed by atoms with Gasteiger partial charge in [-0.2, -0.15) is 0 Å². The van der Waals surface area contributed by atoms with E-state index in [4.69, 9.17) is 22.1 Å². The zero-order chi connectivity index (χ0) is 10.7. The number of nitrogens with two attached hydrogens (primary N) is 1. The summed E-state index contributed by atoms with van der Waals surface area (Å²) < 4.78 is 5.58. The predicted molar refractivity (Wildman–Crippen MR) is 59.7 cm³/mol. The maximum absolute atomic E-state index is 5.74. The summed E-state index contributed by atoms with van der Waals surface area (Å²) in [4.78, 5) is 3.87. The average Bonchev–Trinajstić information content (AvgIpc) is 2.22. The van der Waals surface area contributed by atoms with E-state index in [1.54, 1.807) is 18.3 Å². The molecule has 0 fully saturated rings. The van der Waals surface area contributed by atoms with Crippen LogP contribution in [0.15, 0.2) is 42.3 Å². The topological polar surface area (TPSA) is 48.1 Å². The fourth-order valence-electron chi connectivity index (χ4n) is 1.28. The van der Waals surface area contributed by atoms with Gasteiger partial charge in [0.1, 0.15) is 16.7 Å². The minimum Gasteiger partial charge on any atom is -0.458 e. The first-order valence-corrected chi connectivity index (χ1v) is 5.05. The lowest BCUT2D eigenvalue weighted by molar-refractivity contribution is 0.437. The monoisotopic (exact) mass is 222 g/mol. The molecule has 1 aliphatic rings. The molecule has 15 heavy (non-hydrogen) atoms. The molecule has 0 radical (unpaired) electrons. The molecule has 4 heteroatoms. The molecule has 1 atom stereocenters. The first-order valence-electron chi connectivity index (χ1n) is 4.67. The summed E-state index contributed by atoms with van der Waals surface area (Å²) >= 11 is 5.74. The normalized spacial score (nSPS) is 19.9. The Labute approximate surface area is 93.2 Å². The van der Waals surface area contributed by atoms with Crippen LogP contribution in [0.25, 0.3) is 0 Å². The molecule has 1 aromatic heterocycles. The predicted octanol–water partition coefficient (Wildman–Crippen LogP) is 2.28. The lowest BCUT2D eigenvalue weighted by Crippen LogP contribution is -2.18. The zero-order valence-corrected chi connectivity index (χ0v) is 8.82. The Morgan fingerprint density at radius 2 is 2.40 bits per heavy atom. The summed E-state index contributed by atoms with van der Waals surface area (Å²) in [6, 6.07) is 3.53. The Bertz CT molecular complexity index is 415. The molecular formula is C11H11ClN2O. The molecule has 0 aromatic carbocycles. The SMILES string of the molecule is NC1C=CC(Oc2ccnc(Cl)c2)=CC1. The number of hydrogen-bond acceptors (Lipinski definition) is 3. The molecule has 2 N–H and O–H groups in total. The number of rotatable bonds is 2. The molecule has 3 nitrogen and oxygen atoms in total. The van der Waals surface area contributed by atoms with Gasteiger partial charge >= 0.3 is 0 Å². The van der Waals surface area contributed by atoms with Crippen LogP contribution in [0, 0.1) is 0 Å². The second-order valence-corrected chi connectivity index (χ2v) is 3.67. The highest BCUT2D eigenvalue weighted by atomic mass is 35.5. The molecule has 0 spiro atoms. The van der Waals surface area contributed by atoms with Crippen LogP contribution in [0.4, 0.5) is 0 Å². The number of hydrogen-bond donors (Lipinski definition) is 1. The van der Waals surface area contributed by atoms with Crippen molar-refractivity contribution in [2.24, 2.45) is 5.73 Å². The van der Waals surface area contributed by atoms with Gasteiger partial charge in [0, 0.05) is 18.3 Å². The summed E-state index contributed by atoms with van der Waals surface area (Å²) in [6.45, 7) is 0. The summed E-state index contributed by atoms with van der Waals surface area (Å²) in [5.41, 5.74) is 5.70. The van der Waals surface area contributed by atoms with Crippen LogP contribution >= 0.6 is 11.6 Å². The second-order valence-electron chi connectivity index (χ2n) is 3.28. The quantitative estimate of drug-likeness (QED) is 0.781. The van der Waals surface area contributed by atoms with Crippen LogP contribution in [0.3, 0.4) is 0 Å². The largest absolute Gasteiger partial charge is 0.458 e. The Morgan fingerprint density at radius 1 is 1.53 bits per heavy atom. The van der Waals surface area contributed by atoms with Crippen LogP contribution in [0.2, 0.25) is 5.15 Å². The Hall–Kier alpha value is -1.32. The third-order valence-electron chi connectivity index (χ3n) is 2.03. The van der Waals surface area contributed by atoms with Crippen molar-refractivity contribution in [1.29, 1.82) is 0 Å². The van der Waals surface area contributed by atoms with Crippen molar-refractivity contribution >= 4 is 11.6 Å². The van der Waals surface area contributed by atoms with E-state index in [1.807, 2.05) is 18.2 Å². The van der Waals surface area contributed by atoms with Crippen molar-refractivity contribution in [3.05, 3.63) is 47.5 Å². The van der Waals surface area contributed by atoms with Gasteiger partial charge < -0.3 is 10.5 Å². The highest BCUT2D eigenvalue weighted by Gasteiger charge is 2.05. The van der Waals surface area contributed by atoms with Gasteiger partial charge in [-0.25, -0.2) is 4.98 Å². The molecule has 0 saturated carbocycles. The molecule has 0 saturated heterocycles. The number of allylic oxidation sites excluding steroid dienone is 1. The summed E-state index contributed by atoms with van der Waals surface area (Å²) in [6.07, 6.45) is 8.14. The van der Waals surface area contributed by atoms with Gasteiger partial charge in [-0.05, 0) is 24.6 Å². The Kier molecular flexibility index (Phi) is 3.04. The third-order valence-corrected chi connectivity index (χ3v) is 2.24. The van der Waals surface area contributed by atoms with E-state index in [2.05, 4.69) is 4.98 Å². The van der Waals surface area contributed by atoms with E-state index in [9.17, 15) is 0 Å². The van der Waals surface area contributed by atoms with Crippen LogP contribution in [0.5, 0.6) is 5.75 Å². The fourth-order valence-corrected chi connectivity index (χ4v) is 1.44. The Morgan fingerprint density at radius 3 is 3.07 bits per heavy atom. The van der Waals surface area contributed by atoms with Crippen LogP contribution in [0.1, 0.15) is 6.42 Å². The van der Waals surface area contributed by atoms with E-state index >= 15 is 0 Å². The minimum absolute atomic E-state index is 0.0957.